The van der Waals surface area contributed by atoms with E-state index in [0.29, 0.717) is 12.2 Å². The molecular formula is C23H40O4. The van der Waals surface area contributed by atoms with Crippen LogP contribution in [0.5, 0.6) is 0 Å². The summed E-state index contributed by atoms with van der Waals surface area (Å²) in [5.74, 6) is -0.888. The van der Waals surface area contributed by atoms with Crippen molar-refractivity contribution in [3.63, 3.8) is 0 Å². The molecule has 0 aliphatic carbocycles. The molecule has 0 aromatic carbocycles. The minimum atomic E-state index is -0.988. The van der Waals surface area contributed by atoms with Gasteiger partial charge < -0.3 is 9.84 Å². The van der Waals surface area contributed by atoms with E-state index in [-0.39, 0.29) is 12.8 Å². The van der Waals surface area contributed by atoms with Gasteiger partial charge in [-0.15, -0.1) is 6.58 Å². The van der Waals surface area contributed by atoms with Gasteiger partial charge in [-0.25, -0.2) is 0 Å². The normalized spacial score (nSPS) is 11.4. The van der Waals surface area contributed by atoms with Crippen molar-refractivity contribution in [1.29, 1.82) is 0 Å². The number of hydrogen-bond donors (Lipinski definition) is 1. The van der Waals surface area contributed by atoms with Crippen molar-refractivity contribution in [3.05, 3.63) is 24.5 Å². The van der Waals surface area contributed by atoms with E-state index in [4.69, 9.17) is 9.84 Å². The van der Waals surface area contributed by atoms with E-state index < -0.39 is 11.9 Å². The molecule has 4 heteroatoms. The molecule has 0 bridgehead atoms. The highest BCUT2D eigenvalue weighted by molar-refractivity contribution is 5.77. The topological polar surface area (TPSA) is 63.6 Å². The number of carbonyl (C=O) groups is 2. The lowest BCUT2D eigenvalue weighted by Crippen LogP contribution is -2.07. The Balaban J connectivity index is 3.67. The Labute approximate surface area is 166 Å². The third-order valence-corrected chi connectivity index (χ3v) is 4.56. The zero-order chi connectivity index (χ0) is 20.2. The van der Waals surface area contributed by atoms with E-state index in [0.717, 1.165) is 12.8 Å². The number of hydrogen-bond acceptors (Lipinski definition) is 3. The first kappa shape index (κ1) is 25.4. The number of carboxylic acid groups (broad SMARTS) is 1. The third-order valence-electron chi connectivity index (χ3n) is 4.56. The second-order valence-corrected chi connectivity index (χ2v) is 7.21. The largest absolute Gasteiger partial charge is 0.481 e. The minimum absolute atomic E-state index is 0.0948. The first-order valence-corrected chi connectivity index (χ1v) is 10.8. The predicted molar refractivity (Wildman–Crippen MR) is 112 cm³/mol. The van der Waals surface area contributed by atoms with E-state index in [9.17, 15) is 9.59 Å². The molecule has 1 N–H and O–H groups in total. The van der Waals surface area contributed by atoms with E-state index >= 15 is 0 Å². The van der Waals surface area contributed by atoms with Crippen molar-refractivity contribution in [2.24, 2.45) is 0 Å². The summed E-state index contributed by atoms with van der Waals surface area (Å²) >= 11 is 0. The van der Waals surface area contributed by atoms with Gasteiger partial charge in [0.1, 0.15) is 5.76 Å². The lowest BCUT2D eigenvalue weighted by Gasteiger charge is -2.07. The van der Waals surface area contributed by atoms with E-state index in [2.05, 4.69) is 13.5 Å². The average molecular weight is 381 g/mol. The second-order valence-electron chi connectivity index (χ2n) is 7.21. The Morgan fingerprint density at radius 3 is 1.85 bits per heavy atom. The van der Waals surface area contributed by atoms with E-state index in [1.807, 2.05) is 6.08 Å². The Morgan fingerprint density at radius 2 is 1.37 bits per heavy atom. The van der Waals surface area contributed by atoms with Crippen LogP contribution in [-0.2, 0) is 14.3 Å². The van der Waals surface area contributed by atoms with Gasteiger partial charge in [0, 0.05) is 6.42 Å². The third kappa shape index (κ3) is 19.0. The number of esters is 1. The number of rotatable bonds is 19. The van der Waals surface area contributed by atoms with Gasteiger partial charge in [0.05, 0.1) is 12.8 Å². The Kier molecular flexibility index (Phi) is 18.1. The van der Waals surface area contributed by atoms with Gasteiger partial charge in [-0.1, -0.05) is 83.6 Å². The van der Waals surface area contributed by atoms with Crippen LogP contribution in [0.4, 0.5) is 0 Å². The molecule has 0 aliphatic rings. The molecule has 0 radical (unpaired) electrons. The standard InChI is InChI=1S/C23H40O4/c1-3-5-6-7-8-9-10-11-12-13-14-15-16-18-21(17-4-2)27-23(26)20-19-22(24)25/h4,18H,2-3,5-17,19-20H2,1H3,(H,24,25)/b21-18+. The van der Waals surface area contributed by atoms with Crippen LogP contribution < -0.4 is 0 Å². The molecule has 0 spiro atoms. The minimum Gasteiger partial charge on any atom is -0.481 e. The summed E-state index contributed by atoms with van der Waals surface area (Å²) in [5, 5.41) is 8.60. The molecular weight excluding hydrogens is 340 g/mol. The highest BCUT2D eigenvalue weighted by Gasteiger charge is 2.08. The van der Waals surface area contributed by atoms with Gasteiger partial charge in [0.2, 0.25) is 0 Å². The first-order valence-electron chi connectivity index (χ1n) is 10.8. The molecule has 0 saturated heterocycles. The number of allylic oxidation sites excluding steroid dienone is 2. The van der Waals surface area contributed by atoms with Gasteiger partial charge in [-0.05, 0) is 18.9 Å². The zero-order valence-corrected chi connectivity index (χ0v) is 17.3. The summed E-state index contributed by atoms with van der Waals surface area (Å²) in [5.41, 5.74) is 0. The lowest BCUT2D eigenvalue weighted by atomic mass is 10.0. The van der Waals surface area contributed by atoms with Crippen molar-refractivity contribution in [2.45, 2.75) is 110 Å². The summed E-state index contributed by atoms with van der Waals surface area (Å²) in [6.07, 6.45) is 20.5. The van der Waals surface area contributed by atoms with Gasteiger partial charge in [-0.3, -0.25) is 9.59 Å². The zero-order valence-electron chi connectivity index (χ0n) is 17.3. The fourth-order valence-electron chi connectivity index (χ4n) is 2.96. The molecule has 0 saturated carbocycles. The predicted octanol–water partition coefficient (Wildman–Crippen LogP) is 6.95. The number of carbonyl (C=O) groups excluding carboxylic acids is 1. The van der Waals surface area contributed by atoms with Gasteiger partial charge >= 0.3 is 11.9 Å². The fourth-order valence-corrected chi connectivity index (χ4v) is 2.96. The van der Waals surface area contributed by atoms with Crippen molar-refractivity contribution in [1.82, 2.24) is 0 Å². The van der Waals surface area contributed by atoms with Crippen LogP contribution in [0.3, 0.4) is 0 Å². The molecule has 27 heavy (non-hydrogen) atoms. The maximum atomic E-state index is 11.6. The van der Waals surface area contributed by atoms with Crippen LogP contribution in [0.25, 0.3) is 0 Å². The smallest absolute Gasteiger partial charge is 0.311 e. The summed E-state index contributed by atoms with van der Waals surface area (Å²) in [4.78, 5) is 22.1. The average Bonchev–Trinajstić information content (AvgIpc) is 2.64. The van der Waals surface area contributed by atoms with E-state index in [1.54, 1.807) is 6.08 Å². The Bertz CT molecular complexity index is 426. The molecule has 0 heterocycles. The molecule has 156 valence electrons. The molecule has 0 unspecified atom stereocenters. The molecule has 0 aliphatic heterocycles. The van der Waals surface area contributed by atoms with Crippen LogP contribution in [0.15, 0.2) is 24.5 Å². The maximum absolute atomic E-state index is 11.6. The summed E-state index contributed by atoms with van der Waals surface area (Å²) in [7, 11) is 0. The molecule has 0 fully saturated rings. The molecule has 0 amide bonds. The van der Waals surface area contributed by atoms with Gasteiger partial charge in [0.25, 0.3) is 0 Å². The van der Waals surface area contributed by atoms with Crippen molar-refractivity contribution < 1.29 is 19.4 Å². The van der Waals surface area contributed by atoms with Crippen LogP contribution in [-0.4, -0.2) is 17.0 Å². The molecule has 0 atom stereocenters. The van der Waals surface area contributed by atoms with Gasteiger partial charge in [0.15, 0.2) is 0 Å². The highest BCUT2D eigenvalue weighted by Crippen LogP contribution is 2.14. The highest BCUT2D eigenvalue weighted by atomic mass is 16.5. The second kappa shape index (κ2) is 19.2. The van der Waals surface area contributed by atoms with Gasteiger partial charge in [-0.2, -0.15) is 0 Å². The van der Waals surface area contributed by atoms with Crippen molar-refractivity contribution in [2.75, 3.05) is 0 Å². The monoisotopic (exact) mass is 380 g/mol. The number of carboxylic acids is 1. The summed E-state index contributed by atoms with van der Waals surface area (Å²) in [6.45, 7) is 5.92. The lowest BCUT2D eigenvalue weighted by molar-refractivity contribution is -0.145. The number of unbranched alkanes of at least 4 members (excludes halogenated alkanes) is 12. The molecule has 4 nitrogen and oxygen atoms in total. The van der Waals surface area contributed by atoms with Crippen LogP contribution >= 0.6 is 0 Å². The fraction of sp³-hybridized carbons (Fsp3) is 0.739. The quantitative estimate of drug-likeness (QED) is 0.114. The van der Waals surface area contributed by atoms with Crippen molar-refractivity contribution >= 4 is 11.9 Å². The number of aliphatic carboxylic acids is 1. The van der Waals surface area contributed by atoms with Crippen LogP contribution in [0, 0.1) is 0 Å². The van der Waals surface area contributed by atoms with E-state index in [1.165, 1.54) is 70.6 Å². The SMILES string of the molecule is C=CC/C(=C\CCCCCCCCCCCCCC)OC(=O)CCC(=O)O. The first-order chi connectivity index (χ1) is 13.1. The maximum Gasteiger partial charge on any atom is 0.311 e. The van der Waals surface area contributed by atoms with Crippen molar-refractivity contribution in [3.8, 4) is 0 Å². The summed E-state index contributed by atoms with van der Waals surface area (Å²) < 4.78 is 5.24. The molecule has 0 aromatic heterocycles. The molecule has 0 rings (SSSR count). The number of ether oxygens (including phenoxy) is 1. The summed E-state index contributed by atoms with van der Waals surface area (Å²) in [6, 6.07) is 0. The van der Waals surface area contributed by atoms with Crippen LogP contribution in [0.1, 0.15) is 110 Å². The Morgan fingerprint density at radius 1 is 0.852 bits per heavy atom. The Hall–Kier alpha value is -1.58. The van der Waals surface area contributed by atoms with Crippen LogP contribution in [0.2, 0.25) is 0 Å². The molecule has 0 aromatic rings.